The molecule has 0 bridgehead atoms. The third-order valence-corrected chi connectivity index (χ3v) is 1.07. The predicted octanol–water partition coefficient (Wildman–Crippen LogP) is 2.18. The van der Waals surface area contributed by atoms with Crippen molar-refractivity contribution < 1.29 is 4.74 Å². The number of hydrogen-bond acceptors (Lipinski definition) is 1. The van der Waals surface area contributed by atoms with Crippen molar-refractivity contribution in [3.8, 4) is 0 Å². The molecular weight excluding hydrogens is 112 g/mol. The SMILES string of the molecule is [CH]=CCCOCCCC. The van der Waals surface area contributed by atoms with E-state index in [0.29, 0.717) is 0 Å². The van der Waals surface area contributed by atoms with E-state index in [4.69, 9.17) is 11.3 Å². The molecule has 0 amide bonds. The van der Waals surface area contributed by atoms with Crippen LogP contribution < -0.4 is 0 Å². The van der Waals surface area contributed by atoms with Crippen LogP contribution in [0.1, 0.15) is 26.2 Å². The van der Waals surface area contributed by atoms with Gasteiger partial charge in [-0.05, 0) is 12.8 Å². The molecule has 0 N–H and O–H groups in total. The lowest BCUT2D eigenvalue weighted by atomic mass is 10.4. The molecule has 0 rings (SSSR count). The molecule has 0 aliphatic heterocycles. The van der Waals surface area contributed by atoms with Gasteiger partial charge in [-0.2, -0.15) is 0 Å². The smallest absolute Gasteiger partial charge is 0.0500 e. The first-order chi connectivity index (χ1) is 4.41. The second kappa shape index (κ2) is 7.70. The minimum Gasteiger partial charge on any atom is -0.381 e. The first-order valence-electron chi connectivity index (χ1n) is 3.53. The molecule has 0 saturated carbocycles. The third-order valence-electron chi connectivity index (χ3n) is 1.07. The zero-order valence-corrected chi connectivity index (χ0v) is 6.10. The normalized spacial score (nSPS) is 9.44. The minimum absolute atomic E-state index is 0.774. The highest BCUT2D eigenvalue weighted by Gasteiger charge is 1.83. The van der Waals surface area contributed by atoms with Gasteiger partial charge in [-0.15, -0.1) is 0 Å². The second-order valence-electron chi connectivity index (χ2n) is 1.99. The second-order valence-corrected chi connectivity index (χ2v) is 1.99. The average Bonchev–Trinajstić information content (AvgIpc) is 1.89. The highest BCUT2D eigenvalue weighted by Crippen LogP contribution is 1.89. The maximum Gasteiger partial charge on any atom is 0.0500 e. The van der Waals surface area contributed by atoms with Crippen LogP contribution in [-0.4, -0.2) is 13.2 Å². The van der Waals surface area contributed by atoms with Crippen LogP contribution in [0.5, 0.6) is 0 Å². The van der Waals surface area contributed by atoms with Crippen molar-refractivity contribution in [3.05, 3.63) is 12.7 Å². The maximum absolute atomic E-state index is 5.20. The van der Waals surface area contributed by atoms with Crippen molar-refractivity contribution in [3.63, 3.8) is 0 Å². The summed E-state index contributed by atoms with van der Waals surface area (Å²) in [5.74, 6) is 0. The molecule has 1 nitrogen and oxygen atoms in total. The summed E-state index contributed by atoms with van der Waals surface area (Å²) in [6.45, 7) is 8.94. The molecule has 0 saturated heterocycles. The van der Waals surface area contributed by atoms with E-state index in [1.807, 2.05) is 0 Å². The Balaban J connectivity index is 2.66. The number of ether oxygens (including phenoxy) is 1. The monoisotopic (exact) mass is 127 g/mol. The number of hydrogen-bond donors (Lipinski definition) is 0. The van der Waals surface area contributed by atoms with Gasteiger partial charge in [-0.1, -0.05) is 26.0 Å². The largest absolute Gasteiger partial charge is 0.381 e. The molecule has 0 unspecified atom stereocenters. The summed E-state index contributed by atoms with van der Waals surface area (Å²) >= 11 is 0. The van der Waals surface area contributed by atoms with Gasteiger partial charge in [0, 0.05) is 6.61 Å². The molecule has 0 aromatic rings. The Morgan fingerprint density at radius 2 is 2.22 bits per heavy atom. The van der Waals surface area contributed by atoms with Crippen LogP contribution in [0.4, 0.5) is 0 Å². The van der Waals surface area contributed by atoms with E-state index >= 15 is 0 Å². The number of rotatable bonds is 6. The van der Waals surface area contributed by atoms with Crippen molar-refractivity contribution in [2.45, 2.75) is 26.2 Å². The van der Waals surface area contributed by atoms with Gasteiger partial charge in [0.2, 0.25) is 0 Å². The summed E-state index contributed by atoms with van der Waals surface area (Å²) < 4.78 is 5.20. The molecule has 0 aliphatic rings. The van der Waals surface area contributed by atoms with E-state index in [2.05, 4.69) is 6.92 Å². The zero-order chi connectivity index (χ0) is 6.95. The molecule has 1 heteroatoms. The van der Waals surface area contributed by atoms with Crippen molar-refractivity contribution in [2.24, 2.45) is 0 Å². The molecule has 0 aromatic carbocycles. The first-order valence-corrected chi connectivity index (χ1v) is 3.53. The Kier molecular flexibility index (Phi) is 7.44. The van der Waals surface area contributed by atoms with Gasteiger partial charge < -0.3 is 4.74 Å². The summed E-state index contributed by atoms with van der Waals surface area (Å²) in [4.78, 5) is 0. The molecular formula is C8H15O. The quantitative estimate of drug-likeness (QED) is 0.497. The van der Waals surface area contributed by atoms with Crippen molar-refractivity contribution >= 4 is 0 Å². The fourth-order valence-electron chi connectivity index (χ4n) is 0.500. The van der Waals surface area contributed by atoms with Gasteiger partial charge in [-0.3, -0.25) is 0 Å². The van der Waals surface area contributed by atoms with Gasteiger partial charge in [0.15, 0.2) is 0 Å². The molecule has 0 atom stereocenters. The average molecular weight is 127 g/mol. The van der Waals surface area contributed by atoms with Crippen LogP contribution >= 0.6 is 0 Å². The van der Waals surface area contributed by atoms with E-state index in [9.17, 15) is 0 Å². The Morgan fingerprint density at radius 1 is 1.44 bits per heavy atom. The van der Waals surface area contributed by atoms with E-state index < -0.39 is 0 Å². The predicted molar refractivity (Wildman–Crippen MR) is 39.2 cm³/mol. The Hall–Kier alpha value is -0.300. The van der Waals surface area contributed by atoms with Crippen LogP contribution in [0, 0.1) is 6.58 Å². The zero-order valence-electron chi connectivity index (χ0n) is 6.10. The lowest BCUT2D eigenvalue weighted by molar-refractivity contribution is 0.136. The van der Waals surface area contributed by atoms with Gasteiger partial charge in [0.25, 0.3) is 0 Å². The van der Waals surface area contributed by atoms with Gasteiger partial charge >= 0.3 is 0 Å². The first kappa shape index (κ1) is 8.70. The van der Waals surface area contributed by atoms with Crippen LogP contribution in [0.25, 0.3) is 0 Å². The van der Waals surface area contributed by atoms with Gasteiger partial charge in [0.1, 0.15) is 0 Å². The van der Waals surface area contributed by atoms with Crippen molar-refractivity contribution in [1.29, 1.82) is 0 Å². The van der Waals surface area contributed by atoms with Crippen LogP contribution in [0.15, 0.2) is 6.08 Å². The third kappa shape index (κ3) is 7.70. The molecule has 0 spiro atoms. The van der Waals surface area contributed by atoms with Crippen LogP contribution in [-0.2, 0) is 4.74 Å². The van der Waals surface area contributed by atoms with E-state index in [-0.39, 0.29) is 0 Å². The standard InChI is InChI=1S/C8H15O/c1-3-5-7-9-8-6-4-2/h1,3H,4-8H2,2H3. The topological polar surface area (TPSA) is 9.23 Å². The molecule has 0 heterocycles. The molecule has 0 fully saturated rings. The highest BCUT2D eigenvalue weighted by molar-refractivity contribution is 4.60. The summed E-state index contributed by atoms with van der Waals surface area (Å²) in [5, 5.41) is 0. The van der Waals surface area contributed by atoms with Crippen molar-refractivity contribution in [1.82, 2.24) is 0 Å². The Morgan fingerprint density at radius 3 is 2.78 bits per heavy atom. The van der Waals surface area contributed by atoms with Crippen molar-refractivity contribution in [2.75, 3.05) is 13.2 Å². The number of unbranched alkanes of at least 4 members (excludes halogenated alkanes) is 1. The van der Waals surface area contributed by atoms with Crippen LogP contribution in [0.2, 0.25) is 0 Å². The highest BCUT2D eigenvalue weighted by atomic mass is 16.5. The summed E-state index contributed by atoms with van der Waals surface area (Å²) in [7, 11) is 0. The van der Waals surface area contributed by atoms with Gasteiger partial charge in [0.05, 0.1) is 6.61 Å². The van der Waals surface area contributed by atoms with E-state index in [1.54, 1.807) is 6.08 Å². The molecule has 53 valence electrons. The summed E-state index contributed by atoms with van der Waals surface area (Å²) in [6.07, 6.45) is 4.85. The van der Waals surface area contributed by atoms with E-state index in [0.717, 1.165) is 26.1 Å². The maximum atomic E-state index is 5.20. The summed E-state index contributed by atoms with van der Waals surface area (Å²) in [6, 6.07) is 0. The minimum atomic E-state index is 0.774. The van der Waals surface area contributed by atoms with Gasteiger partial charge in [-0.25, -0.2) is 0 Å². The molecule has 1 radical (unpaired) electrons. The van der Waals surface area contributed by atoms with E-state index in [1.165, 1.54) is 6.42 Å². The molecule has 9 heavy (non-hydrogen) atoms. The fraction of sp³-hybridized carbons (Fsp3) is 0.750. The van der Waals surface area contributed by atoms with Crippen LogP contribution in [0.3, 0.4) is 0 Å². The summed E-state index contributed by atoms with van der Waals surface area (Å²) in [5.41, 5.74) is 0. The molecule has 0 aromatic heterocycles. The molecule has 0 aliphatic carbocycles. The lowest BCUT2D eigenvalue weighted by Crippen LogP contribution is -1.94. The fourth-order valence-corrected chi connectivity index (χ4v) is 0.500. The Bertz CT molecular complexity index is 59.6. The lowest BCUT2D eigenvalue weighted by Gasteiger charge is -1.98. The Labute approximate surface area is 57.7 Å².